The number of ether oxygens (including phenoxy) is 3. The third kappa shape index (κ3) is 10.2. The molecule has 5 amide bonds. The summed E-state index contributed by atoms with van der Waals surface area (Å²) in [6.45, 7) is 2.63. The van der Waals surface area contributed by atoms with Gasteiger partial charge < -0.3 is 29.3 Å². The highest BCUT2D eigenvalue weighted by atomic mass is 19.3. The van der Waals surface area contributed by atoms with Crippen molar-refractivity contribution >= 4 is 41.0 Å². The minimum Gasteiger partial charge on any atom is -0.486 e. The molecule has 2 aliphatic heterocycles. The summed E-state index contributed by atoms with van der Waals surface area (Å²) in [5, 5.41) is 22.9. The van der Waals surface area contributed by atoms with E-state index in [0.29, 0.717) is 36.1 Å². The number of hydrogen-bond acceptors (Lipinski definition) is 16. The molecule has 6 heterocycles. The van der Waals surface area contributed by atoms with Crippen LogP contribution in [-0.2, 0) is 38.9 Å². The Hall–Kier alpha value is -6.98. The molecule has 1 aromatic carbocycles. The maximum absolute atomic E-state index is 13.9. The molecule has 1 saturated heterocycles. The van der Waals surface area contributed by atoms with Crippen LogP contribution in [0.15, 0.2) is 59.6 Å². The normalized spacial score (nSPS) is 16.2. The van der Waals surface area contributed by atoms with Crippen molar-refractivity contribution in [2.45, 2.75) is 58.0 Å². The fraction of sp³-hybridized carbons (Fsp3) is 0.400. The zero-order valence-corrected chi connectivity index (χ0v) is 33.6. The van der Waals surface area contributed by atoms with Gasteiger partial charge in [-0.2, -0.15) is 5.10 Å². The van der Waals surface area contributed by atoms with Gasteiger partial charge in [-0.15, -0.1) is 5.10 Å². The van der Waals surface area contributed by atoms with E-state index in [1.54, 1.807) is 35.1 Å². The van der Waals surface area contributed by atoms with E-state index in [9.17, 15) is 32.8 Å². The Labute approximate surface area is 356 Å². The summed E-state index contributed by atoms with van der Waals surface area (Å²) in [6.07, 6.45) is 5.04. The third-order valence-electron chi connectivity index (χ3n) is 10.3. The zero-order chi connectivity index (χ0) is 43.9. The lowest BCUT2D eigenvalue weighted by atomic mass is 10.0. The van der Waals surface area contributed by atoms with Crippen molar-refractivity contribution in [3.05, 3.63) is 83.4 Å². The molecule has 0 bridgehead atoms. The summed E-state index contributed by atoms with van der Waals surface area (Å²) in [6, 6.07) is 6.96. The van der Waals surface area contributed by atoms with Gasteiger partial charge >= 0.3 is 0 Å². The van der Waals surface area contributed by atoms with Crippen LogP contribution in [0.3, 0.4) is 0 Å². The maximum Gasteiger partial charge on any atom is 0.284 e. The molecule has 4 N–H and O–H groups in total. The van der Waals surface area contributed by atoms with Crippen molar-refractivity contribution in [2.75, 3.05) is 50.2 Å². The van der Waals surface area contributed by atoms with E-state index in [2.05, 4.69) is 46.6 Å². The second kappa shape index (κ2) is 19.4. The number of anilines is 2. The number of nitrogens with one attached hydrogen (secondary N) is 4. The number of carbonyl (C=O) groups excluding carboxylic acids is 5. The van der Waals surface area contributed by atoms with Gasteiger partial charge in [-0.3, -0.25) is 44.2 Å². The quantitative estimate of drug-likeness (QED) is 0.0576. The number of oxazole rings is 1. The molecule has 330 valence electrons. The molecule has 63 heavy (non-hydrogen) atoms. The minimum atomic E-state index is -2.95. The van der Waals surface area contributed by atoms with Crippen molar-refractivity contribution in [3.63, 3.8) is 0 Å². The van der Waals surface area contributed by atoms with Gasteiger partial charge in [0, 0.05) is 31.3 Å². The second-order valence-corrected chi connectivity index (χ2v) is 14.8. The van der Waals surface area contributed by atoms with Gasteiger partial charge in [0.15, 0.2) is 11.4 Å². The molecular formula is C40H42F2N12O9. The molecule has 1 saturated carbocycles. The Balaban J connectivity index is 0.723. The van der Waals surface area contributed by atoms with E-state index in [1.165, 1.54) is 36.0 Å². The number of aromatic nitrogens is 7. The van der Waals surface area contributed by atoms with Crippen LogP contribution in [0.5, 0.6) is 5.75 Å². The first kappa shape index (κ1) is 42.7. The molecule has 0 spiro atoms. The molecule has 23 heteroatoms. The highest BCUT2D eigenvalue weighted by Crippen LogP contribution is 2.34. The number of halogens is 2. The van der Waals surface area contributed by atoms with Crippen molar-refractivity contribution in [2.24, 2.45) is 5.92 Å². The number of hydrogen-bond donors (Lipinski definition) is 4. The Bertz CT molecular complexity index is 2490. The monoisotopic (exact) mass is 872 g/mol. The topological polar surface area (TPSA) is 252 Å². The van der Waals surface area contributed by atoms with Crippen LogP contribution >= 0.6 is 0 Å². The van der Waals surface area contributed by atoms with Crippen LogP contribution in [0.2, 0.25) is 0 Å². The van der Waals surface area contributed by atoms with Gasteiger partial charge in [0.25, 0.3) is 24.1 Å². The molecule has 4 aromatic heterocycles. The molecule has 8 rings (SSSR count). The lowest BCUT2D eigenvalue weighted by molar-refractivity contribution is -0.136. The fourth-order valence-electron chi connectivity index (χ4n) is 6.85. The number of imide groups is 2. The molecule has 3 aliphatic rings. The summed E-state index contributed by atoms with van der Waals surface area (Å²) in [4.78, 5) is 72.9. The minimum absolute atomic E-state index is 0.0108. The number of alkyl halides is 2. The second-order valence-electron chi connectivity index (χ2n) is 14.8. The Morgan fingerprint density at radius 2 is 1.87 bits per heavy atom. The number of piperidine rings is 1. The molecule has 21 nitrogen and oxygen atoms in total. The summed E-state index contributed by atoms with van der Waals surface area (Å²) in [5.41, 5.74) is 0.460. The standard InChI is InChI=1S/C40H42F2N12O9/c41-35(42)34-27(47-36(56)28-21-63-38(48-28)24-8-9-44-31(16-24)45-17-23-4-5-23)19-52(50-34)22-43-10-12-60-14-15-61-13-11-53-25(18-46-51-53)20-62-30-3-1-2-26-33(30)40(59)54(39(26)58)29-6-7-32(55)49-37(29)57/h1-3,8-9,16,18-19,21,23,29,35,43H,4-7,10-15,17,20,22H2,(H,44,45)(H,47,56)(H,49,55,57). The first-order valence-corrected chi connectivity index (χ1v) is 20.2. The van der Waals surface area contributed by atoms with E-state index in [4.69, 9.17) is 18.6 Å². The van der Waals surface area contributed by atoms with Crippen molar-refractivity contribution in [3.8, 4) is 17.2 Å². The van der Waals surface area contributed by atoms with Crippen LogP contribution in [0.1, 0.15) is 74.7 Å². The lowest BCUT2D eigenvalue weighted by Crippen LogP contribution is -2.54. The van der Waals surface area contributed by atoms with Gasteiger partial charge in [-0.05, 0) is 49.4 Å². The predicted octanol–water partition coefficient (Wildman–Crippen LogP) is 2.80. The van der Waals surface area contributed by atoms with Gasteiger partial charge in [-0.25, -0.2) is 23.4 Å². The summed E-state index contributed by atoms with van der Waals surface area (Å²) in [5.74, 6) is -1.57. The SMILES string of the molecule is O=C1CCC(N2C(=O)c3cccc(OCc4cnnn4CCOCCOCCNCn4cc(NC(=O)c5coc(-c6ccnc(NCC7CC7)c6)n5)c(C(F)F)n4)c3C2=O)C(=O)N1. The van der Waals surface area contributed by atoms with Crippen LogP contribution in [0.25, 0.3) is 11.5 Å². The molecule has 0 radical (unpaired) electrons. The van der Waals surface area contributed by atoms with E-state index >= 15 is 0 Å². The molecule has 5 aromatic rings. The maximum atomic E-state index is 13.9. The molecule has 1 atom stereocenters. The Morgan fingerprint density at radius 1 is 1.03 bits per heavy atom. The van der Waals surface area contributed by atoms with E-state index in [0.717, 1.165) is 17.7 Å². The molecule has 2 fully saturated rings. The van der Waals surface area contributed by atoms with E-state index < -0.39 is 47.7 Å². The lowest BCUT2D eigenvalue weighted by Gasteiger charge is -2.27. The molecular weight excluding hydrogens is 831 g/mol. The van der Waals surface area contributed by atoms with Crippen molar-refractivity contribution < 1.29 is 51.4 Å². The average Bonchev–Trinajstić information content (AvgIpc) is 3.54. The zero-order valence-electron chi connectivity index (χ0n) is 33.6. The van der Waals surface area contributed by atoms with E-state index in [-0.39, 0.29) is 86.7 Å². The first-order valence-electron chi connectivity index (χ1n) is 20.2. The average molecular weight is 873 g/mol. The number of amides is 5. The van der Waals surface area contributed by atoms with Gasteiger partial charge in [0.05, 0.1) is 74.5 Å². The largest absolute Gasteiger partial charge is 0.486 e. The number of carbonyl (C=O) groups is 5. The van der Waals surface area contributed by atoms with Crippen LogP contribution in [-0.4, -0.2) is 115 Å². The number of rotatable bonds is 22. The van der Waals surface area contributed by atoms with E-state index in [1.807, 2.05) is 0 Å². The summed E-state index contributed by atoms with van der Waals surface area (Å²) in [7, 11) is 0. The van der Waals surface area contributed by atoms with Crippen LogP contribution in [0.4, 0.5) is 20.3 Å². The number of pyridine rings is 1. The number of benzene rings is 1. The Morgan fingerprint density at radius 3 is 2.68 bits per heavy atom. The number of fused-ring (bicyclic) bond motifs is 1. The van der Waals surface area contributed by atoms with Crippen LogP contribution < -0.4 is 26.0 Å². The third-order valence-corrected chi connectivity index (χ3v) is 10.3. The smallest absolute Gasteiger partial charge is 0.284 e. The molecule has 1 unspecified atom stereocenters. The molecule has 1 aliphatic carbocycles. The summed E-state index contributed by atoms with van der Waals surface area (Å²) >= 11 is 0. The highest BCUT2D eigenvalue weighted by molar-refractivity contribution is 6.24. The van der Waals surface area contributed by atoms with Crippen molar-refractivity contribution in [1.82, 2.24) is 50.3 Å². The number of nitrogens with zero attached hydrogens (tertiary/aromatic N) is 8. The fourth-order valence-corrected chi connectivity index (χ4v) is 6.85. The van der Waals surface area contributed by atoms with Crippen LogP contribution in [0, 0.1) is 5.92 Å². The Kier molecular flexibility index (Phi) is 13.1. The summed E-state index contributed by atoms with van der Waals surface area (Å²) < 4.78 is 53.2. The van der Waals surface area contributed by atoms with Gasteiger partial charge in [0.2, 0.25) is 17.7 Å². The van der Waals surface area contributed by atoms with Crippen molar-refractivity contribution in [1.29, 1.82) is 0 Å². The predicted molar refractivity (Wildman–Crippen MR) is 213 cm³/mol. The van der Waals surface area contributed by atoms with Gasteiger partial charge in [0.1, 0.15) is 30.5 Å². The first-order chi connectivity index (χ1) is 30.6. The highest BCUT2D eigenvalue weighted by Gasteiger charge is 2.46. The van der Waals surface area contributed by atoms with Gasteiger partial charge in [-0.1, -0.05) is 11.3 Å².